The zero-order valence-electron chi connectivity index (χ0n) is 12.7. The van der Waals surface area contributed by atoms with Crippen molar-refractivity contribution < 1.29 is 18.0 Å². The van der Waals surface area contributed by atoms with Gasteiger partial charge in [0, 0.05) is 19.2 Å². The molecule has 1 aromatic heterocycles. The number of aromatic nitrogens is 2. The third-order valence-corrected chi connectivity index (χ3v) is 5.20. The van der Waals surface area contributed by atoms with Gasteiger partial charge in [0.2, 0.25) is 0 Å². The van der Waals surface area contributed by atoms with Crippen LogP contribution in [0.5, 0.6) is 0 Å². The number of rotatable bonds is 3. The van der Waals surface area contributed by atoms with Crippen molar-refractivity contribution in [3.05, 3.63) is 17.5 Å². The Morgan fingerprint density at radius 2 is 2.14 bits per heavy atom. The lowest BCUT2D eigenvalue weighted by Gasteiger charge is -2.28. The molecule has 2 aliphatic carbocycles. The fraction of sp³-hybridized carbons (Fsp3) is 0.733. The lowest BCUT2D eigenvalue weighted by molar-refractivity contribution is -0.141. The summed E-state index contributed by atoms with van der Waals surface area (Å²) in [6.07, 6.45) is 0.296. The highest BCUT2D eigenvalue weighted by molar-refractivity contribution is 5.92. The normalized spacial score (nSPS) is 28.9. The second-order valence-corrected chi connectivity index (χ2v) is 6.64. The van der Waals surface area contributed by atoms with Crippen molar-refractivity contribution in [2.45, 2.75) is 44.8 Å². The molecule has 1 amide bonds. The summed E-state index contributed by atoms with van der Waals surface area (Å²) in [5.74, 6) is 1.37. The standard InChI is InChI=1S/C15H20F3N3O/c1-8(11-6-9-3-4-10(11)5-9)19-14(22)12-7-13(15(16,17)18)20-21(12)2/h7-11H,3-6H2,1-2H3,(H,19,22)/t8-,9+,10+,11+/m0/s1. The van der Waals surface area contributed by atoms with Crippen molar-refractivity contribution in [3.63, 3.8) is 0 Å². The molecule has 122 valence electrons. The largest absolute Gasteiger partial charge is 0.435 e. The molecule has 0 unspecified atom stereocenters. The summed E-state index contributed by atoms with van der Waals surface area (Å²) in [6.45, 7) is 1.95. The Labute approximate surface area is 127 Å². The maximum atomic E-state index is 12.6. The van der Waals surface area contributed by atoms with Crippen LogP contribution in [0.1, 0.15) is 48.8 Å². The minimum absolute atomic E-state index is 0.0213. The monoisotopic (exact) mass is 315 g/mol. The Morgan fingerprint density at radius 3 is 2.64 bits per heavy atom. The SMILES string of the molecule is C[C@H](NC(=O)c1cc(C(F)(F)F)nn1C)[C@H]1C[C@@H]2CC[C@@H]1C2. The number of nitrogens with one attached hydrogen (secondary N) is 1. The second kappa shape index (κ2) is 5.28. The summed E-state index contributed by atoms with van der Waals surface area (Å²) in [5, 5.41) is 6.24. The minimum Gasteiger partial charge on any atom is -0.348 e. The van der Waals surface area contributed by atoms with Crippen molar-refractivity contribution in [2.24, 2.45) is 24.8 Å². The third-order valence-electron chi connectivity index (χ3n) is 5.20. The van der Waals surface area contributed by atoms with E-state index in [1.54, 1.807) is 0 Å². The molecule has 1 heterocycles. The zero-order valence-corrected chi connectivity index (χ0v) is 12.7. The number of fused-ring (bicyclic) bond motifs is 2. The molecule has 0 spiro atoms. The third kappa shape index (κ3) is 2.73. The number of nitrogens with zero attached hydrogens (tertiary/aromatic N) is 2. The maximum Gasteiger partial charge on any atom is 0.435 e. The molecule has 2 saturated carbocycles. The Bertz CT molecular complexity index is 581. The fourth-order valence-corrected chi connectivity index (χ4v) is 4.11. The average molecular weight is 315 g/mol. The second-order valence-electron chi connectivity index (χ2n) is 6.64. The van der Waals surface area contributed by atoms with Crippen molar-refractivity contribution in [1.82, 2.24) is 15.1 Å². The smallest absolute Gasteiger partial charge is 0.348 e. The Balaban J connectivity index is 1.68. The van der Waals surface area contributed by atoms with Gasteiger partial charge in [0.25, 0.3) is 5.91 Å². The first kappa shape index (κ1) is 15.4. The van der Waals surface area contributed by atoms with Crippen LogP contribution in [0, 0.1) is 17.8 Å². The van der Waals surface area contributed by atoms with Crippen molar-refractivity contribution in [2.75, 3.05) is 0 Å². The van der Waals surface area contributed by atoms with E-state index in [4.69, 9.17) is 0 Å². The van der Waals surface area contributed by atoms with E-state index >= 15 is 0 Å². The maximum absolute atomic E-state index is 12.6. The molecule has 0 aliphatic heterocycles. The van der Waals surface area contributed by atoms with Gasteiger partial charge >= 0.3 is 6.18 Å². The van der Waals surface area contributed by atoms with Gasteiger partial charge in [-0.2, -0.15) is 18.3 Å². The van der Waals surface area contributed by atoms with Gasteiger partial charge in [0.1, 0.15) is 5.69 Å². The van der Waals surface area contributed by atoms with Gasteiger partial charge in [-0.1, -0.05) is 6.42 Å². The molecule has 0 radical (unpaired) electrons. The Kier molecular flexibility index (Phi) is 3.69. The van der Waals surface area contributed by atoms with Gasteiger partial charge < -0.3 is 5.32 Å². The van der Waals surface area contributed by atoms with E-state index in [0.717, 1.165) is 23.1 Å². The molecule has 0 saturated heterocycles. The number of alkyl halides is 3. The van der Waals surface area contributed by atoms with Gasteiger partial charge in [0.15, 0.2) is 5.69 Å². The van der Waals surface area contributed by atoms with E-state index in [1.807, 2.05) is 6.92 Å². The molecule has 4 nitrogen and oxygen atoms in total. The van der Waals surface area contributed by atoms with E-state index in [1.165, 1.54) is 26.3 Å². The molecule has 2 bridgehead atoms. The average Bonchev–Trinajstić information content (AvgIpc) is 3.11. The van der Waals surface area contributed by atoms with Crippen LogP contribution in [-0.2, 0) is 13.2 Å². The van der Waals surface area contributed by atoms with E-state index in [9.17, 15) is 18.0 Å². The fourth-order valence-electron chi connectivity index (χ4n) is 4.11. The summed E-state index contributed by atoms with van der Waals surface area (Å²) >= 11 is 0. The van der Waals surface area contributed by atoms with Gasteiger partial charge in [-0.25, -0.2) is 0 Å². The first-order valence-electron chi connectivity index (χ1n) is 7.68. The first-order valence-corrected chi connectivity index (χ1v) is 7.68. The molecule has 0 aromatic carbocycles. The van der Waals surface area contributed by atoms with Gasteiger partial charge in [-0.15, -0.1) is 0 Å². The van der Waals surface area contributed by atoms with E-state index in [0.29, 0.717) is 11.8 Å². The molecule has 1 N–H and O–H groups in total. The summed E-state index contributed by atoms with van der Waals surface area (Å²) < 4.78 is 38.9. The predicted molar refractivity (Wildman–Crippen MR) is 74.1 cm³/mol. The van der Waals surface area contributed by atoms with Gasteiger partial charge in [-0.05, 0) is 43.9 Å². The number of hydrogen-bond donors (Lipinski definition) is 1. The summed E-state index contributed by atoms with van der Waals surface area (Å²) in [6, 6.07) is 0.787. The van der Waals surface area contributed by atoms with Crippen LogP contribution in [0.2, 0.25) is 0 Å². The van der Waals surface area contributed by atoms with Crippen LogP contribution < -0.4 is 5.32 Å². The van der Waals surface area contributed by atoms with Crippen molar-refractivity contribution >= 4 is 5.91 Å². The Morgan fingerprint density at radius 1 is 1.41 bits per heavy atom. The number of hydrogen-bond acceptors (Lipinski definition) is 2. The highest BCUT2D eigenvalue weighted by Crippen LogP contribution is 2.49. The van der Waals surface area contributed by atoms with Gasteiger partial charge in [0.05, 0.1) is 0 Å². The molecule has 7 heteroatoms. The quantitative estimate of drug-likeness (QED) is 0.932. The van der Waals surface area contributed by atoms with Crippen LogP contribution >= 0.6 is 0 Å². The number of carbonyl (C=O) groups is 1. The topological polar surface area (TPSA) is 46.9 Å². The van der Waals surface area contributed by atoms with Crippen LogP contribution in [0.3, 0.4) is 0 Å². The van der Waals surface area contributed by atoms with Crippen LogP contribution in [0.25, 0.3) is 0 Å². The summed E-state index contributed by atoms with van der Waals surface area (Å²) in [5.41, 5.74) is -1.09. The molecule has 3 rings (SSSR count). The van der Waals surface area contributed by atoms with Crippen molar-refractivity contribution in [1.29, 1.82) is 0 Å². The van der Waals surface area contributed by atoms with E-state index in [2.05, 4.69) is 10.4 Å². The van der Waals surface area contributed by atoms with Gasteiger partial charge in [-0.3, -0.25) is 9.48 Å². The molecular weight excluding hydrogens is 295 g/mol. The highest BCUT2D eigenvalue weighted by Gasteiger charge is 2.42. The molecule has 1 aromatic rings. The number of aryl methyl sites for hydroxylation is 1. The minimum atomic E-state index is -4.54. The molecular formula is C15H20F3N3O. The summed E-state index contributed by atoms with van der Waals surface area (Å²) in [4.78, 5) is 12.2. The molecule has 4 atom stereocenters. The predicted octanol–water partition coefficient (Wildman–Crippen LogP) is 2.99. The lowest BCUT2D eigenvalue weighted by atomic mass is 9.84. The summed E-state index contributed by atoms with van der Waals surface area (Å²) in [7, 11) is 1.35. The molecule has 2 aliphatic rings. The molecule has 22 heavy (non-hydrogen) atoms. The molecule has 2 fully saturated rings. The lowest BCUT2D eigenvalue weighted by Crippen LogP contribution is -2.40. The Hall–Kier alpha value is -1.53. The van der Waals surface area contributed by atoms with E-state index < -0.39 is 17.8 Å². The van der Waals surface area contributed by atoms with E-state index in [-0.39, 0.29) is 11.7 Å². The van der Waals surface area contributed by atoms with Crippen LogP contribution in [-0.4, -0.2) is 21.7 Å². The zero-order chi connectivity index (χ0) is 16.1. The van der Waals surface area contributed by atoms with Crippen molar-refractivity contribution in [3.8, 4) is 0 Å². The number of carbonyl (C=O) groups excluding carboxylic acids is 1. The number of halogens is 3. The number of amides is 1. The first-order chi connectivity index (χ1) is 10.3. The van der Waals surface area contributed by atoms with Crippen LogP contribution in [0.4, 0.5) is 13.2 Å². The highest BCUT2D eigenvalue weighted by atomic mass is 19.4. The van der Waals surface area contributed by atoms with Crippen LogP contribution in [0.15, 0.2) is 6.07 Å².